The number of carbonyl (C=O) groups excluding carboxylic acids is 1. The molecule has 0 atom stereocenters. The van der Waals surface area contributed by atoms with Gasteiger partial charge in [-0.25, -0.2) is 8.42 Å². The summed E-state index contributed by atoms with van der Waals surface area (Å²) in [6.07, 6.45) is 0. The number of rotatable bonds is 9. The van der Waals surface area contributed by atoms with Gasteiger partial charge in [-0.3, -0.25) is 9.59 Å². The summed E-state index contributed by atoms with van der Waals surface area (Å²) in [4.78, 5) is 26.0. The molecule has 4 aromatic rings. The first-order valence-electron chi connectivity index (χ1n) is 11.3. The molecule has 7 heteroatoms. The molecule has 0 bridgehead atoms. The van der Waals surface area contributed by atoms with E-state index in [1.807, 2.05) is 77.7 Å². The molecule has 0 fully saturated rings. The van der Waals surface area contributed by atoms with Crippen molar-refractivity contribution in [1.29, 1.82) is 0 Å². The van der Waals surface area contributed by atoms with Crippen LogP contribution in [-0.2, 0) is 27.7 Å². The molecule has 4 rings (SSSR count). The summed E-state index contributed by atoms with van der Waals surface area (Å²) in [5.74, 6) is -2.44. The predicted octanol–water partition coefficient (Wildman–Crippen LogP) is 5.05. The highest BCUT2D eigenvalue weighted by Crippen LogP contribution is 2.23. The number of nitrogens with zero attached hydrogens (tertiary/aromatic N) is 1. The van der Waals surface area contributed by atoms with Gasteiger partial charge in [0, 0.05) is 18.7 Å². The van der Waals surface area contributed by atoms with Gasteiger partial charge in [0.05, 0.1) is 4.90 Å². The summed E-state index contributed by atoms with van der Waals surface area (Å²) < 4.78 is 24.2. The topological polar surface area (TPSA) is 91.7 Å². The fourth-order valence-corrected chi connectivity index (χ4v) is 4.94. The third-order valence-electron chi connectivity index (χ3n) is 5.71. The Hall–Kier alpha value is -4.23. The molecule has 1 amide bonds. The van der Waals surface area contributed by atoms with E-state index in [0.717, 1.165) is 22.3 Å². The molecular formula is C29H25NO5S. The molecule has 0 aliphatic rings. The molecule has 4 aromatic carbocycles. The zero-order valence-electron chi connectivity index (χ0n) is 19.4. The van der Waals surface area contributed by atoms with E-state index in [1.54, 1.807) is 24.3 Å². The molecule has 0 saturated heterocycles. The Morgan fingerprint density at radius 2 is 1.08 bits per heavy atom. The van der Waals surface area contributed by atoms with E-state index < -0.39 is 21.6 Å². The predicted molar refractivity (Wildman–Crippen MR) is 138 cm³/mol. The monoisotopic (exact) mass is 499 g/mol. The van der Waals surface area contributed by atoms with Gasteiger partial charge in [0.25, 0.3) is 5.91 Å². The first-order valence-corrected chi connectivity index (χ1v) is 13.0. The van der Waals surface area contributed by atoms with Crippen LogP contribution in [0.2, 0.25) is 0 Å². The number of sulfone groups is 1. The Kier molecular flexibility index (Phi) is 7.61. The first-order chi connectivity index (χ1) is 17.3. The summed E-state index contributed by atoms with van der Waals surface area (Å²) >= 11 is 0. The maximum absolute atomic E-state index is 13.5. The van der Waals surface area contributed by atoms with Crippen LogP contribution in [0.5, 0.6) is 0 Å². The van der Waals surface area contributed by atoms with Crippen LogP contribution in [0.25, 0.3) is 11.1 Å². The molecule has 0 aliphatic carbocycles. The molecule has 0 saturated carbocycles. The second kappa shape index (κ2) is 11.0. The van der Waals surface area contributed by atoms with Crippen LogP contribution in [-0.4, -0.2) is 36.1 Å². The maximum Gasteiger partial charge on any atom is 0.319 e. The SMILES string of the molecule is O=C(O)CS(=O)(=O)c1ccc(-c2ccc(C(=O)N(Cc3ccccc3)Cc3ccccc3)cc2)cc1. The molecule has 182 valence electrons. The van der Waals surface area contributed by atoms with Crippen molar-refractivity contribution in [3.63, 3.8) is 0 Å². The van der Waals surface area contributed by atoms with Crippen LogP contribution in [0.4, 0.5) is 0 Å². The molecule has 1 N–H and O–H groups in total. The normalized spacial score (nSPS) is 11.1. The number of carbonyl (C=O) groups is 2. The molecule has 6 nitrogen and oxygen atoms in total. The summed E-state index contributed by atoms with van der Waals surface area (Å²) in [5.41, 5.74) is 4.19. The molecular weight excluding hydrogens is 474 g/mol. The van der Waals surface area contributed by atoms with Crippen LogP contribution in [0.1, 0.15) is 21.5 Å². The van der Waals surface area contributed by atoms with E-state index in [2.05, 4.69) is 0 Å². The second-order valence-corrected chi connectivity index (χ2v) is 10.4. The minimum absolute atomic E-state index is 0.0436. The van der Waals surface area contributed by atoms with E-state index in [-0.39, 0.29) is 10.8 Å². The van der Waals surface area contributed by atoms with Gasteiger partial charge in [-0.05, 0) is 46.5 Å². The van der Waals surface area contributed by atoms with Gasteiger partial charge in [-0.2, -0.15) is 0 Å². The highest BCUT2D eigenvalue weighted by Gasteiger charge is 2.19. The number of amides is 1. The highest BCUT2D eigenvalue weighted by atomic mass is 32.2. The number of carboxylic acids is 1. The largest absolute Gasteiger partial charge is 0.480 e. The smallest absolute Gasteiger partial charge is 0.319 e. The highest BCUT2D eigenvalue weighted by molar-refractivity contribution is 7.92. The van der Waals surface area contributed by atoms with E-state index in [1.165, 1.54) is 12.1 Å². The van der Waals surface area contributed by atoms with Crippen LogP contribution in [0.3, 0.4) is 0 Å². The van der Waals surface area contributed by atoms with Crippen molar-refractivity contribution in [3.8, 4) is 11.1 Å². The Labute approximate surface area is 210 Å². The van der Waals surface area contributed by atoms with Gasteiger partial charge >= 0.3 is 5.97 Å². The lowest BCUT2D eigenvalue weighted by atomic mass is 10.0. The molecule has 0 aromatic heterocycles. The summed E-state index contributed by atoms with van der Waals surface area (Å²) in [5, 5.41) is 8.81. The fourth-order valence-electron chi connectivity index (χ4n) is 3.90. The zero-order chi connectivity index (χ0) is 25.5. The van der Waals surface area contributed by atoms with Crippen molar-refractivity contribution in [2.24, 2.45) is 0 Å². The third-order valence-corrected chi connectivity index (χ3v) is 7.33. The molecule has 0 radical (unpaired) electrons. The van der Waals surface area contributed by atoms with Crippen LogP contribution < -0.4 is 0 Å². The van der Waals surface area contributed by atoms with Gasteiger partial charge in [-0.1, -0.05) is 84.9 Å². The van der Waals surface area contributed by atoms with Crippen LogP contribution >= 0.6 is 0 Å². The summed E-state index contributed by atoms with van der Waals surface area (Å²) in [6.45, 7) is 0.950. The van der Waals surface area contributed by atoms with Crippen LogP contribution in [0, 0.1) is 0 Å². The summed E-state index contributed by atoms with van der Waals surface area (Å²) in [7, 11) is -3.89. The van der Waals surface area contributed by atoms with Crippen molar-refractivity contribution in [1.82, 2.24) is 4.90 Å². The lowest BCUT2D eigenvalue weighted by Gasteiger charge is -2.23. The number of aliphatic carboxylic acids is 1. The van der Waals surface area contributed by atoms with Crippen molar-refractivity contribution in [2.75, 3.05) is 5.75 Å². The van der Waals surface area contributed by atoms with Gasteiger partial charge in [0.2, 0.25) is 0 Å². The average Bonchev–Trinajstić information content (AvgIpc) is 2.89. The fraction of sp³-hybridized carbons (Fsp3) is 0.103. The maximum atomic E-state index is 13.5. The molecule has 0 unspecified atom stereocenters. The minimum Gasteiger partial charge on any atom is -0.480 e. The van der Waals surface area contributed by atoms with E-state index >= 15 is 0 Å². The molecule has 0 spiro atoms. The van der Waals surface area contributed by atoms with E-state index in [9.17, 15) is 18.0 Å². The van der Waals surface area contributed by atoms with Crippen molar-refractivity contribution < 1.29 is 23.1 Å². The van der Waals surface area contributed by atoms with Gasteiger partial charge in [0.1, 0.15) is 0 Å². The molecule has 0 heterocycles. The third kappa shape index (κ3) is 6.25. The van der Waals surface area contributed by atoms with Crippen molar-refractivity contribution >= 4 is 21.7 Å². The Bertz CT molecular complexity index is 1390. The van der Waals surface area contributed by atoms with Crippen molar-refractivity contribution in [2.45, 2.75) is 18.0 Å². The quantitative estimate of drug-likeness (QED) is 0.348. The Morgan fingerprint density at radius 1 is 0.639 bits per heavy atom. The zero-order valence-corrected chi connectivity index (χ0v) is 20.3. The number of benzene rings is 4. The van der Waals surface area contributed by atoms with Gasteiger partial charge in [-0.15, -0.1) is 0 Å². The van der Waals surface area contributed by atoms with Crippen molar-refractivity contribution in [3.05, 3.63) is 126 Å². The Balaban J connectivity index is 1.54. The second-order valence-electron chi connectivity index (χ2n) is 8.39. The number of hydrogen-bond acceptors (Lipinski definition) is 4. The minimum atomic E-state index is -3.89. The van der Waals surface area contributed by atoms with E-state index in [4.69, 9.17) is 5.11 Å². The number of hydrogen-bond donors (Lipinski definition) is 1. The first kappa shape index (κ1) is 24.9. The Morgan fingerprint density at radius 3 is 1.53 bits per heavy atom. The van der Waals surface area contributed by atoms with Gasteiger partial charge in [0.15, 0.2) is 15.6 Å². The van der Waals surface area contributed by atoms with Crippen LogP contribution in [0.15, 0.2) is 114 Å². The average molecular weight is 500 g/mol. The lowest BCUT2D eigenvalue weighted by Crippen LogP contribution is -2.30. The standard InChI is InChI=1S/C29H25NO5S/c31-28(32)21-36(34,35)27-17-15-25(16-18-27)24-11-13-26(14-12-24)29(33)30(19-22-7-3-1-4-8-22)20-23-9-5-2-6-10-23/h1-18H,19-21H2,(H,31,32). The summed E-state index contributed by atoms with van der Waals surface area (Å²) in [6, 6.07) is 32.9. The molecule has 0 aliphatic heterocycles. The van der Waals surface area contributed by atoms with Gasteiger partial charge < -0.3 is 10.0 Å². The lowest BCUT2D eigenvalue weighted by molar-refractivity contribution is -0.134. The molecule has 36 heavy (non-hydrogen) atoms. The number of carboxylic acid groups (broad SMARTS) is 1. The van der Waals surface area contributed by atoms with E-state index in [0.29, 0.717) is 18.7 Å².